The van der Waals surface area contributed by atoms with Crippen molar-refractivity contribution in [2.24, 2.45) is 5.41 Å². The summed E-state index contributed by atoms with van der Waals surface area (Å²) in [5, 5.41) is 2.18. The third kappa shape index (κ3) is 6.44. The number of ether oxygens (including phenoxy) is 1. The first-order valence-corrected chi connectivity index (χ1v) is 12.7. The molecule has 0 amide bonds. The van der Waals surface area contributed by atoms with E-state index in [1.165, 1.54) is 0 Å². The van der Waals surface area contributed by atoms with Crippen molar-refractivity contribution in [2.75, 3.05) is 20.7 Å². The van der Waals surface area contributed by atoms with E-state index >= 15 is 0 Å². The molecule has 178 valence electrons. The number of hydrogen-bond donors (Lipinski definition) is 2. The van der Waals surface area contributed by atoms with E-state index in [-0.39, 0.29) is 10.5 Å². The third-order valence-electron chi connectivity index (χ3n) is 5.97. The predicted octanol–water partition coefficient (Wildman–Crippen LogP) is 5.91. The van der Waals surface area contributed by atoms with Crippen molar-refractivity contribution in [3.8, 4) is 5.75 Å². The molecule has 3 aromatic carbocycles. The molecule has 3 rings (SSSR count). The van der Waals surface area contributed by atoms with Crippen LogP contribution in [0.5, 0.6) is 5.75 Å². The zero-order valence-electron chi connectivity index (χ0n) is 20.0. The Morgan fingerprint density at radius 3 is 2.15 bits per heavy atom. The third-order valence-corrected chi connectivity index (χ3v) is 6.44. The Morgan fingerprint density at radius 1 is 0.909 bits per heavy atom. The van der Waals surface area contributed by atoms with Crippen molar-refractivity contribution in [3.05, 3.63) is 78.4 Å². The molecule has 33 heavy (non-hydrogen) atoms. The predicted molar refractivity (Wildman–Crippen MR) is 132 cm³/mol. The maximum Gasteiger partial charge on any atom is 0.474 e. The molecule has 0 heterocycles. The van der Waals surface area contributed by atoms with Gasteiger partial charge in [0.25, 0.3) is 0 Å². The lowest BCUT2D eigenvalue weighted by atomic mass is 9.89. The summed E-state index contributed by atoms with van der Waals surface area (Å²) in [6.07, 6.45) is -0.113. The largest absolute Gasteiger partial charge is 0.493 e. The Hall–Kier alpha value is -2.21. The molecular weight excluding hydrogens is 437 g/mol. The summed E-state index contributed by atoms with van der Waals surface area (Å²) < 4.78 is 23.7. The molecule has 2 unspecified atom stereocenters. The fourth-order valence-corrected chi connectivity index (χ4v) is 5.55. The van der Waals surface area contributed by atoms with Gasteiger partial charge in [0.2, 0.25) is 6.23 Å². The summed E-state index contributed by atoms with van der Waals surface area (Å²) in [7, 11) is -0.775. The summed E-state index contributed by atoms with van der Waals surface area (Å²) in [5.41, 5.74) is 0.543. The lowest BCUT2D eigenvalue weighted by Crippen LogP contribution is -2.57. The molecule has 0 aliphatic heterocycles. The molecule has 7 heteroatoms. The van der Waals surface area contributed by atoms with Crippen LogP contribution in [0.25, 0.3) is 10.8 Å². The molecule has 2 atom stereocenters. The van der Waals surface area contributed by atoms with Crippen LogP contribution >= 0.6 is 7.82 Å². The Labute approximate surface area is 196 Å². The van der Waals surface area contributed by atoms with Gasteiger partial charge in [0, 0.05) is 22.8 Å². The molecule has 0 aliphatic carbocycles. The maximum atomic E-state index is 11.9. The Bertz CT molecular complexity index is 1100. The molecule has 0 saturated carbocycles. The highest BCUT2D eigenvalue weighted by atomic mass is 31.2. The first kappa shape index (κ1) is 25.4. The van der Waals surface area contributed by atoms with Gasteiger partial charge in [-0.15, -0.1) is 0 Å². The van der Waals surface area contributed by atoms with Crippen LogP contribution in [-0.2, 0) is 9.09 Å². The van der Waals surface area contributed by atoms with Crippen LogP contribution in [0.15, 0.2) is 72.8 Å². The van der Waals surface area contributed by atoms with Gasteiger partial charge >= 0.3 is 7.82 Å². The fraction of sp³-hybridized carbons (Fsp3) is 0.385. The Balaban J connectivity index is 1.90. The zero-order chi connectivity index (χ0) is 24.3. The first-order chi connectivity index (χ1) is 15.4. The van der Waals surface area contributed by atoms with E-state index in [1.54, 1.807) is 0 Å². The lowest BCUT2D eigenvalue weighted by Gasteiger charge is -2.48. The molecule has 0 fully saturated rings. The van der Waals surface area contributed by atoms with Crippen LogP contribution in [0.4, 0.5) is 0 Å². The van der Waals surface area contributed by atoms with Gasteiger partial charge in [-0.2, -0.15) is 0 Å². The van der Waals surface area contributed by atoms with Gasteiger partial charge in [-0.3, -0.25) is 4.48 Å². The van der Waals surface area contributed by atoms with Crippen molar-refractivity contribution in [3.63, 3.8) is 0 Å². The van der Waals surface area contributed by atoms with Crippen molar-refractivity contribution in [1.29, 1.82) is 0 Å². The van der Waals surface area contributed by atoms with E-state index in [0.717, 1.165) is 22.1 Å². The van der Waals surface area contributed by atoms with Crippen LogP contribution < -0.4 is 4.74 Å². The second-order valence-corrected chi connectivity index (χ2v) is 11.2. The van der Waals surface area contributed by atoms with Gasteiger partial charge in [0.05, 0.1) is 20.7 Å². The number of nitrogens with zero attached hydrogens (tertiary/aromatic N) is 1. The number of quaternary nitrogens is 1. The van der Waals surface area contributed by atoms with E-state index in [0.29, 0.717) is 13.0 Å². The number of fused-ring (bicyclic) bond motifs is 1. The topological polar surface area (TPSA) is 76.0 Å². The average molecular weight is 473 g/mol. The van der Waals surface area contributed by atoms with Crippen molar-refractivity contribution in [2.45, 2.75) is 39.5 Å². The Kier molecular flexibility index (Phi) is 7.67. The quantitative estimate of drug-likeness (QED) is 0.230. The molecule has 0 aliphatic rings. The van der Waals surface area contributed by atoms with E-state index in [2.05, 4.69) is 12.1 Å². The van der Waals surface area contributed by atoms with Gasteiger partial charge in [0.15, 0.2) is 0 Å². The second kappa shape index (κ2) is 9.96. The minimum absolute atomic E-state index is 0.114. The monoisotopic (exact) mass is 472 g/mol. The van der Waals surface area contributed by atoms with Crippen LogP contribution in [0.2, 0.25) is 0 Å². The highest BCUT2D eigenvalue weighted by Crippen LogP contribution is 2.47. The highest BCUT2D eigenvalue weighted by Gasteiger charge is 2.48. The standard InChI is InChI=1S/C26H34NO5P/c1-26(2,3)25(32-33(28,29)30)27(4,5)23(21-13-7-6-8-14-21)18-19-31-24-17-11-15-20-12-9-10-16-22(20)24/h6-17,23,25H,18-19H2,1-5H3,(H-,28,29,30)/p+1. The molecule has 0 saturated heterocycles. The van der Waals surface area contributed by atoms with E-state index in [1.807, 2.05) is 95.5 Å². The van der Waals surface area contributed by atoms with Crippen molar-refractivity contribution < 1.29 is 28.1 Å². The van der Waals surface area contributed by atoms with Gasteiger partial charge in [-0.1, -0.05) is 87.5 Å². The highest BCUT2D eigenvalue weighted by molar-refractivity contribution is 7.46. The fourth-order valence-electron chi connectivity index (χ4n) is 4.73. The minimum Gasteiger partial charge on any atom is -0.493 e. The molecular formula is C26H35NO5P+. The molecule has 6 nitrogen and oxygen atoms in total. The van der Waals surface area contributed by atoms with Gasteiger partial charge in [-0.05, 0) is 11.5 Å². The van der Waals surface area contributed by atoms with Crippen LogP contribution in [0.1, 0.15) is 38.8 Å². The lowest BCUT2D eigenvalue weighted by molar-refractivity contribution is -0.969. The molecule has 0 bridgehead atoms. The summed E-state index contributed by atoms with van der Waals surface area (Å²) in [4.78, 5) is 19.3. The summed E-state index contributed by atoms with van der Waals surface area (Å²) in [6, 6.07) is 24.0. The normalized spacial score (nSPS) is 14.8. The van der Waals surface area contributed by atoms with Crippen molar-refractivity contribution >= 4 is 18.6 Å². The smallest absolute Gasteiger partial charge is 0.474 e. The number of rotatable bonds is 9. The second-order valence-electron chi connectivity index (χ2n) is 9.98. The first-order valence-electron chi connectivity index (χ1n) is 11.1. The zero-order valence-corrected chi connectivity index (χ0v) is 20.9. The minimum atomic E-state index is -4.69. The number of hydrogen-bond acceptors (Lipinski definition) is 3. The van der Waals surface area contributed by atoms with Crippen molar-refractivity contribution in [1.82, 2.24) is 0 Å². The summed E-state index contributed by atoms with van der Waals surface area (Å²) in [5.74, 6) is 0.823. The van der Waals surface area contributed by atoms with E-state index in [4.69, 9.17) is 9.26 Å². The van der Waals surface area contributed by atoms with Crippen LogP contribution in [0.3, 0.4) is 0 Å². The number of phosphoric acid groups is 1. The summed E-state index contributed by atoms with van der Waals surface area (Å²) >= 11 is 0. The van der Waals surface area contributed by atoms with Crippen LogP contribution in [0, 0.1) is 5.41 Å². The average Bonchev–Trinajstić information content (AvgIpc) is 2.74. The van der Waals surface area contributed by atoms with Gasteiger partial charge < -0.3 is 14.5 Å². The van der Waals surface area contributed by atoms with Crippen LogP contribution in [-0.4, -0.2) is 41.2 Å². The van der Waals surface area contributed by atoms with E-state index in [9.17, 15) is 14.4 Å². The van der Waals surface area contributed by atoms with Gasteiger partial charge in [0.1, 0.15) is 11.8 Å². The number of benzene rings is 3. The number of phosphoric ester groups is 1. The molecule has 3 aromatic rings. The maximum absolute atomic E-state index is 11.9. The molecule has 0 spiro atoms. The molecule has 2 N–H and O–H groups in total. The Morgan fingerprint density at radius 2 is 1.52 bits per heavy atom. The van der Waals surface area contributed by atoms with Gasteiger partial charge in [-0.25, -0.2) is 9.09 Å². The SMILES string of the molecule is CC(C)(C)C(OP(=O)(O)O)[N+](C)(C)C(CCOc1cccc2ccccc12)c1ccccc1. The summed E-state index contributed by atoms with van der Waals surface area (Å²) in [6.45, 7) is 6.24. The molecule has 0 aromatic heterocycles. The van der Waals surface area contributed by atoms with E-state index < -0.39 is 19.5 Å². The molecule has 0 radical (unpaired) electrons.